The molecule has 3 aliphatic rings. The molecule has 9 unspecified atom stereocenters. The van der Waals surface area contributed by atoms with Gasteiger partial charge >= 0.3 is 0 Å². The molecular formula is C27H28O8. The smallest absolute Gasteiger partial charge is 0.173 e. The highest BCUT2D eigenvalue weighted by Crippen LogP contribution is 2.57. The summed E-state index contributed by atoms with van der Waals surface area (Å²) < 4.78 is 0. The van der Waals surface area contributed by atoms with Gasteiger partial charge in [-0.3, -0.25) is 14.4 Å². The lowest BCUT2D eigenvalue weighted by molar-refractivity contribution is -0.263. The third-order valence-electron chi connectivity index (χ3n) is 8.41. The molecule has 2 saturated carbocycles. The molecule has 0 heterocycles. The van der Waals surface area contributed by atoms with E-state index < -0.39 is 77.3 Å². The molecular weight excluding hydrogens is 452 g/mol. The fourth-order valence-corrected chi connectivity index (χ4v) is 6.82. The molecule has 0 amide bonds. The van der Waals surface area contributed by atoms with Crippen molar-refractivity contribution in [2.45, 2.75) is 49.6 Å². The Morgan fingerprint density at radius 1 is 1.00 bits per heavy atom. The Labute approximate surface area is 201 Å². The number of aromatic hydroxyl groups is 1. The Balaban J connectivity index is 1.67. The van der Waals surface area contributed by atoms with Gasteiger partial charge in [-0.25, -0.2) is 0 Å². The minimum Gasteiger partial charge on any atom is -0.507 e. The average Bonchev–Trinajstić information content (AvgIpc) is 2.81. The van der Waals surface area contributed by atoms with Crippen molar-refractivity contribution in [2.75, 3.05) is 0 Å². The highest BCUT2D eigenvalue weighted by Gasteiger charge is 2.69. The first-order valence-corrected chi connectivity index (χ1v) is 11.8. The second-order valence-corrected chi connectivity index (χ2v) is 10.1. The molecule has 35 heavy (non-hydrogen) atoms. The monoisotopic (exact) mass is 480 g/mol. The van der Waals surface area contributed by atoms with E-state index in [-0.39, 0.29) is 11.3 Å². The zero-order valence-corrected chi connectivity index (χ0v) is 19.1. The fraction of sp³-hybridized carbons (Fsp3) is 0.444. The second kappa shape index (κ2) is 8.34. The summed E-state index contributed by atoms with van der Waals surface area (Å²) in [5, 5.41) is 56.2. The summed E-state index contributed by atoms with van der Waals surface area (Å²) in [6.07, 6.45) is -5.34. The largest absolute Gasteiger partial charge is 0.507 e. The maximum Gasteiger partial charge on any atom is 0.173 e. The predicted molar refractivity (Wildman–Crippen MR) is 123 cm³/mol. The van der Waals surface area contributed by atoms with Crippen LogP contribution in [0.15, 0.2) is 48.5 Å². The van der Waals surface area contributed by atoms with Crippen molar-refractivity contribution in [1.29, 1.82) is 0 Å². The number of aliphatic hydroxyl groups excluding tert-OH is 3. The molecule has 8 nitrogen and oxygen atoms in total. The van der Waals surface area contributed by atoms with E-state index in [1.54, 1.807) is 12.1 Å². The highest BCUT2D eigenvalue weighted by atomic mass is 16.4. The lowest BCUT2D eigenvalue weighted by Gasteiger charge is -2.59. The number of phenols is 1. The van der Waals surface area contributed by atoms with Crippen LogP contribution in [-0.2, 0) is 16.0 Å². The third kappa shape index (κ3) is 3.31. The van der Waals surface area contributed by atoms with Crippen LogP contribution >= 0.6 is 0 Å². The number of aliphatic hydroxyl groups is 4. The molecule has 0 aromatic heterocycles. The number of ketones is 3. The van der Waals surface area contributed by atoms with Gasteiger partial charge in [0.15, 0.2) is 5.78 Å². The Morgan fingerprint density at radius 3 is 2.34 bits per heavy atom. The number of benzene rings is 2. The number of carbonyl (C=O) groups excluding carboxylic acids is 3. The lowest BCUT2D eigenvalue weighted by atomic mass is 9.49. The zero-order valence-electron chi connectivity index (χ0n) is 19.1. The molecule has 5 N–H and O–H groups in total. The molecule has 2 aromatic carbocycles. The normalized spacial score (nSPS) is 38.3. The number of hydrogen-bond acceptors (Lipinski definition) is 8. The standard InChI is InChI=1S/C27H28O8/c1-12(28)19-18(30)11-16-23(31)21-15(10-13-6-3-2-4-7-13)14-8-5-9-17(29)20(14)24(32)22(21)26(34)27(16,35)25(19)33/h2-9,15-16,19,21-23,25-26,29,31,33-35H,10-11H2,1H3. The first-order chi connectivity index (χ1) is 16.6. The number of carbonyl (C=O) groups is 3. The van der Waals surface area contributed by atoms with Crippen molar-refractivity contribution in [2.24, 2.45) is 23.7 Å². The minimum absolute atomic E-state index is 0.00692. The summed E-state index contributed by atoms with van der Waals surface area (Å²) in [5.74, 6) is -7.86. The fourth-order valence-electron chi connectivity index (χ4n) is 6.82. The third-order valence-corrected chi connectivity index (χ3v) is 8.41. The van der Waals surface area contributed by atoms with Gasteiger partial charge in [0, 0.05) is 18.3 Å². The van der Waals surface area contributed by atoms with Gasteiger partial charge in [0.25, 0.3) is 0 Å². The number of fused-ring (bicyclic) bond motifs is 3. The van der Waals surface area contributed by atoms with Gasteiger partial charge in [-0.1, -0.05) is 42.5 Å². The molecule has 9 atom stereocenters. The minimum atomic E-state index is -2.46. The molecule has 3 aliphatic carbocycles. The maximum absolute atomic E-state index is 13.7. The Bertz CT molecular complexity index is 1190. The van der Waals surface area contributed by atoms with Crippen LogP contribution in [-0.4, -0.2) is 66.8 Å². The van der Waals surface area contributed by atoms with Crippen LogP contribution in [0.4, 0.5) is 0 Å². The van der Waals surface area contributed by atoms with Crippen LogP contribution in [0, 0.1) is 23.7 Å². The van der Waals surface area contributed by atoms with E-state index in [1.807, 2.05) is 30.3 Å². The molecule has 0 radical (unpaired) electrons. The highest BCUT2D eigenvalue weighted by molar-refractivity contribution is 6.05. The maximum atomic E-state index is 13.7. The van der Waals surface area contributed by atoms with Gasteiger partial charge in [0.05, 0.1) is 23.7 Å². The topological polar surface area (TPSA) is 152 Å². The number of phenolic OH excluding ortho intramolecular Hbond substituents is 1. The SMILES string of the molecule is CC(=O)C1C(=O)CC2C(O)C3C(Cc4ccccc4)c4cccc(O)c4C(=O)C3C(O)C2(O)C1O. The number of Topliss-reactive ketones (excluding diaryl/α,β-unsaturated/α-hetero) is 3. The van der Waals surface area contributed by atoms with Gasteiger partial charge in [-0.2, -0.15) is 0 Å². The number of rotatable bonds is 3. The molecule has 8 heteroatoms. The van der Waals surface area contributed by atoms with Crippen LogP contribution in [0.5, 0.6) is 5.75 Å². The van der Waals surface area contributed by atoms with Crippen LogP contribution in [0.2, 0.25) is 0 Å². The van der Waals surface area contributed by atoms with Gasteiger partial charge in [-0.15, -0.1) is 0 Å². The van der Waals surface area contributed by atoms with E-state index in [0.29, 0.717) is 12.0 Å². The zero-order chi connectivity index (χ0) is 25.2. The molecule has 5 rings (SSSR count). The van der Waals surface area contributed by atoms with Gasteiger partial charge < -0.3 is 25.5 Å². The molecule has 0 spiro atoms. The summed E-state index contributed by atoms with van der Waals surface area (Å²) in [7, 11) is 0. The summed E-state index contributed by atoms with van der Waals surface area (Å²) in [5.41, 5.74) is -1.04. The molecule has 0 bridgehead atoms. The van der Waals surface area contributed by atoms with E-state index in [1.165, 1.54) is 6.07 Å². The van der Waals surface area contributed by atoms with Crippen molar-refractivity contribution in [3.05, 3.63) is 65.2 Å². The second-order valence-electron chi connectivity index (χ2n) is 10.1. The van der Waals surface area contributed by atoms with Crippen molar-refractivity contribution < 1.29 is 39.9 Å². The van der Waals surface area contributed by atoms with E-state index in [0.717, 1.165) is 12.5 Å². The Morgan fingerprint density at radius 2 is 1.69 bits per heavy atom. The van der Waals surface area contributed by atoms with Crippen molar-refractivity contribution in [1.82, 2.24) is 0 Å². The van der Waals surface area contributed by atoms with Crippen molar-refractivity contribution in [3.8, 4) is 5.75 Å². The van der Waals surface area contributed by atoms with Gasteiger partial charge in [-0.05, 0) is 36.5 Å². The first-order valence-electron chi connectivity index (χ1n) is 11.8. The van der Waals surface area contributed by atoms with Gasteiger partial charge in [0.2, 0.25) is 0 Å². The van der Waals surface area contributed by atoms with Crippen molar-refractivity contribution >= 4 is 17.3 Å². The molecule has 184 valence electrons. The number of hydrogen-bond donors (Lipinski definition) is 5. The first kappa shape index (κ1) is 23.8. The average molecular weight is 481 g/mol. The summed E-state index contributed by atoms with van der Waals surface area (Å²) in [4.78, 5) is 38.5. The predicted octanol–water partition coefficient (Wildman–Crippen LogP) is 0.769. The summed E-state index contributed by atoms with van der Waals surface area (Å²) >= 11 is 0. The van der Waals surface area contributed by atoms with Gasteiger partial charge in [0.1, 0.15) is 34.9 Å². The molecule has 2 fully saturated rings. The van der Waals surface area contributed by atoms with E-state index >= 15 is 0 Å². The summed E-state index contributed by atoms with van der Waals surface area (Å²) in [6, 6.07) is 14.0. The van der Waals surface area contributed by atoms with Crippen LogP contribution in [0.1, 0.15) is 40.7 Å². The molecule has 0 aliphatic heterocycles. The van der Waals surface area contributed by atoms with Crippen LogP contribution in [0.25, 0.3) is 0 Å². The molecule has 2 aromatic rings. The summed E-state index contributed by atoms with van der Waals surface area (Å²) in [6.45, 7) is 1.11. The van der Waals surface area contributed by atoms with Crippen LogP contribution in [0.3, 0.4) is 0 Å². The quantitative estimate of drug-likeness (QED) is 0.404. The van der Waals surface area contributed by atoms with Crippen molar-refractivity contribution in [3.63, 3.8) is 0 Å². The lowest BCUT2D eigenvalue weighted by Crippen LogP contribution is -2.75. The van der Waals surface area contributed by atoms with Crippen LogP contribution < -0.4 is 0 Å². The van der Waals surface area contributed by atoms with E-state index in [4.69, 9.17) is 0 Å². The Hall–Kier alpha value is -2.91. The van der Waals surface area contributed by atoms with E-state index in [9.17, 15) is 39.9 Å². The molecule has 0 saturated heterocycles. The Kier molecular flexibility index (Phi) is 5.68. The van der Waals surface area contributed by atoms with E-state index in [2.05, 4.69) is 0 Å².